The summed E-state index contributed by atoms with van der Waals surface area (Å²) in [6.45, 7) is 9.27. The van der Waals surface area contributed by atoms with Crippen molar-refractivity contribution in [3.8, 4) is 0 Å². The van der Waals surface area contributed by atoms with Crippen LogP contribution in [0.4, 0.5) is 0 Å². The van der Waals surface area contributed by atoms with E-state index in [4.69, 9.17) is 9.47 Å². The summed E-state index contributed by atoms with van der Waals surface area (Å²) in [6, 6.07) is 10.7. The summed E-state index contributed by atoms with van der Waals surface area (Å²) in [4.78, 5) is 7.10. The topological polar surface area (TPSA) is 78.4 Å². The number of hydrogen-bond acceptors (Lipinski definition) is 5. The van der Waals surface area contributed by atoms with Gasteiger partial charge in [0.2, 0.25) is 0 Å². The summed E-state index contributed by atoms with van der Waals surface area (Å²) in [7, 11) is 0. The molecule has 2 aliphatic heterocycles. The van der Waals surface area contributed by atoms with Crippen LogP contribution in [0.25, 0.3) is 0 Å². The van der Waals surface area contributed by atoms with Gasteiger partial charge in [0.05, 0.1) is 18.2 Å². The van der Waals surface area contributed by atoms with Crippen LogP contribution >= 0.6 is 0 Å². The van der Waals surface area contributed by atoms with Crippen molar-refractivity contribution in [2.75, 3.05) is 52.5 Å². The minimum atomic E-state index is -0.737. The van der Waals surface area contributed by atoms with Crippen LogP contribution in [0.2, 0.25) is 0 Å². The number of hydrogen-bond donors (Lipinski definition) is 3. The van der Waals surface area contributed by atoms with Gasteiger partial charge in [-0.25, -0.2) is 0 Å². The summed E-state index contributed by atoms with van der Waals surface area (Å²) < 4.78 is 11.5. The number of likely N-dealkylation sites (tertiary alicyclic amines) is 1. The largest absolute Gasteiger partial charge is 0.388 e. The first-order valence-electron chi connectivity index (χ1n) is 11.9. The Bertz CT molecular complexity index is 641. The molecule has 3 N–H and O–H groups in total. The Balaban J connectivity index is 1.28. The van der Waals surface area contributed by atoms with Crippen LogP contribution < -0.4 is 10.6 Å². The molecule has 2 saturated heterocycles. The molecule has 2 fully saturated rings. The standard InChI is InChI=1S/C24H40N4O3/c1-2-25-23(27-20-24(29)11-17-30-18-12-24)26-13-6-16-31-22-9-14-28(15-10-22)19-21-7-4-3-5-8-21/h3-5,7-8,22,29H,2,6,9-20H2,1H3,(H2,25,26,27). The molecule has 0 aliphatic carbocycles. The fourth-order valence-electron chi connectivity index (χ4n) is 4.08. The molecular weight excluding hydrogens is 392 g/mol. The van der Waals surface area contributed by atoms with E-state index in [-0.39, 0.29) is 0 Å². The Labute approximate surface area is 187 Å². The number of ether oxygens (including phenoxy) is 2. The van der Waals surface area contributed by atoms with Crippen LogP contribution in [0.1, 0.15) is 44.6 Å². The third-order valence-corrected chi connectivity index (χ3v) is 6.05. The van der Waals surface area contributed by atoms with E-state index < -0.39 is 5.60 Å². The van der Waals surface area contributed by atoms with Gasteiger partial charge in [-0.15, -0.1) is 0 Å². The average molecular weight is 433 g/mol. The van der Waals surface area contributed by atoms with E-state index in [0.29, 0.717) is 38.7 Å². The first-order chi connectivity index (χ1) is 15.2. The zero-order valence-corrected chi connectivity index (χ0v) is 19.0. The molecule has 174 valence electrons. The van der Waals surface area contributed by atoms with Crippen molar-refractivity contribution in [2.45, 2.75) is 57.3 Å². The van der Waals surface area contributed by atoms with Gasteiger partial charge in [-0.05, 0) is 31.7 Å². The lowest BCUT2D eigenvalue weighted by atomic mass is 9.95. The van der Waals surface area contributed by atoms with Crippen LogP contribution in [0.5, 0.6) is 0 Å². The molecule has 0 radical (unpaired) electrons. The quantitative estimate of drug-likeness (QED) is 0.299. The SMILES string of the molecule is CCNC(=NCC1(O)CCOCC1)NCCCOC1CCN(Cc2ccccc2)CC1. The Hall–Kier alpha value is -1.67. The molecule has 0 unspecified atom stereocenters. The number of rotatable bonds is 10. The number of aliphatic imine (C=N–C) groups is 1. The van der Waals surface area contributed by atoms with Gasteiger partial charge in [-0.3, -0.25) is 9.89 Å². The van der Waals surface area contributed by atoms with Crippen molar-refractivity contribution >= 4 is 5.96 Å². The van der Waals surface area contributed by atoms with Crippen molar-refractivity contribution in [1.82, 2.24) is 15.5 Å². The molecule has 0 spiro atoms. The summed E-state index contributed by atoms with van der Waals surface area (Å²) in [5.74, 6) is 0.761. The molecule has 2 heterocycles. The van der Waals surface area contributed by atoms with Gasteiger partial charge in [-0.1, -0.05) is 30.3 Å². The Kier molecular flexibility index (Phi) is 10.1. The average Bonchev–Trinajstić information content (AvgIpc) is 2.79. The molecular formula is C24H40N4O3. The molecule has 3 rings (SSSR count). The van der Waals surface area contributed by atoms with Crippen molar-refractivity contribution < 1.29 is 14.6 Å². The highest BCUT2D eigenvalue weighted by atomic mass is 16.5. The van der Waals surface area contributed by atoms with E-state index in [1.807, 2.05) is 6.92 Å². The van der Waals surface area contributed by atoms with Crippen LogP contribution in [0, 0.1) is 0 Å². The molecule has 0 amide bonds. The predicted molar refractivity (Wildman–Crippen MR) is 124 cm³/mol. The van der Waals surface area contributed by atoms with Gasteiger partial charge in [0.25, 0.3) is 0 Å². The fraction of sp³-hybridized carbons (Fsp3) is 0.708. The lowest BCUT2D eigenvalue weighted by Crippen LogP contribution is -2.43. The van der Waals surface area contributed by atoms with Crippen molar-refractivity contribution in [3.05, 3.63) is 35.9 Å². The van der Waals surface area contributed by atoms with Crippen molar-refractivity contribution in [1.29, 1.82) is 0 Å². The van der Waals surface area contributed by atoms with Gasteiger partial charge < -0.3 is 25.2 Å². The molecule has 7 nitrogen and oxygen atoms in total. The lowest BCUT2D eigenvalue weighted by molar-refractivity contribution is -0.0566. The number of benzene rings is 1. The second-order valence-corrected chi connectivity index (χ2v) is 8.64. The van der Waals surface area contributed by atoms with Crippen LogP contribution in [-0.4, -0.2) is 80.2 Å². The first kappa shape index (κ1) is 24.0. The monoisotopic (exact) mass is 432 g/mol. The van der Waals surface area contributed by atoms with E-state index in [2.05, 4.69) is 50.9 Å². The highest BCUT2D eigenvalue weighted by molar-refractivity contribution is 5.79. The Morgan fingerprint density at radius 3 is 2.65 bits per heavy atom. The maximum atomic E-state index is 10.6. The maximum Gasteiger partial charge on any atom is 0.191 e. The van der Waals surface area contributed by atoms with Crippen LogP contribution in [0.15, 0.2) is 35.3 Å². The fourth-order valence-corrected chi connectivity index (χ4v) is 4.08. The first-order valence-corrected chi connectivity index (χ1v) is 11.9. The smallest absolute Gasteiger partial charge is 0.191 e. The normalized spacial score (nSPS) is 20.5. The molecule has 2 aliphatic rings. The van der Waals surface area contributed by atoms with Gasteiger partial charge >= 0.3 is 0 Å². The minimum absolute atomic E-state index is 0.372. The number of aliphatic hydroxyl groups is 1. The molecule has 7 heteroatoms. The third kappa shape index (κ3) is 8.77. The minimum Gasteiger partial charge on any atom is -0.388 e. The molecule has 0 bridgehead atoms. The zero-order valence-electron chi connectivity index (χ0n) is 19.0. The molecule has 1 aromatic rings. The van der Waals surface area contributed by atoms with Crippen molar-refractivity contribution in [2.24, 2.45) is 4.99 Å². The second kappa shape index (κ2) is 13.0. The molecule has 0 atom stereocenters. The van der Waals surface area contributed by atoms with Gasteiger partial charge in [0.15, 0.2) is 5.96 Å². The lowest BCUT2D eigenvalue weighted by Gasteiger charge is -2.32. The summed E-state index contributed by atoms with van der Waals surface area (Å²) in [5, 5.41) is 17.2. The zero-order chi connectivity index (χ0) is 21.8. The van der Waals surface area contributed by atoms with E-state index in [0.717, 1.165) is 64.6 Å². The Morgan fingerprint density at radius 2 is 1.94 bits per heavy atom. The molecule has 1 aromatic carbocycles. The van der Waals surface area contributed by atoms with Gasteiger partial charge in [-0.2, -0.15) is 0 Å². The maximum absolute atomic E-state index is 10.6. The number of nitrogens with zero attached hydrogens (tertiary/aromatic N) is 2. The van der Waals surface area contributed by atoms with E-state index >= 15 is 0 Å². The molecule has 31 heavy (non-hydrogen) atoms. The number of guanidine groups is 1. The summed E-state index contributed by atoms with van der Waals surface area (Å²) >= 11 is 0. The highest BCUT2D eigenvalue weighted by Crippen LogP contribution is 2.20. The molecule has 0 aromatic heterocycles. The third-order valence-electron chi connectivity index (χ3n) is 6.05. The number of nitrogens with one attached hydrogen (secondary N) is 2. The molecule has 0 saturated carbocycles. The predicted octanol–water partition coefficient (Wildman–Crippen LogP) is 2.15. The Morgan fingerprint density at radius 1 is 1.19 bits per heavy atom. The highest BCUT2D eigenvalue weighted by Gasteiger charge is 2.29. The summed E-state index contributed by atoms with van der Waals surface area (Å²) in [6.07, 6.45) is 4.81. The van der Waals surface area contributed by atoms with Gasteiger partial charge in [0, 0.05) is 65.4 Å². The second-order valence-electron chi connectivity index (χ2n) is 8.64. The van der Waals surface area contributed by atoms with Crippen molar-refractivity contribution in [3.63, 3.8) is 0 Å². The van der Waals surface area contributed by atoms with E-state index in [1.165, 1.54) is 5.56 Å². The summed E-state index contributed by atoms with van der Waals surface area (Å²) in [5.41, 5.74) is 0.647. The van der Waals surface area contributed by atoms with Crippen LogP contribution in [-0.2, 0) is 16.0 Å². The number of piperidine rings is 1. The van der Waals surface area contributed by atoms with E-state index in [9.17, 15) is 5.11 Å². The van der Waals surface area contributed by atoms with Gasteiger partial charge in [0.1, 0.15) is 0 Å². The van der Waals surface area contributed by atoms with Crippen LogP contribution in [0.3, 0.4) is 0 Å². The van der Waals surface area contributed by atoms with E-state index in [1.54, 1.807) is 0 Å².